The Bertz CT molecular complexity index is 956. The molecule has 0 aromatic carbocycles. The van der Waals surface area contributed by atoms with E-state index in [0.717, 1.165) is 17.7 Å². The van der Waals surface area contributed by atoms with Crippen LogP contribution in [0, 0.1) is 47.3 Å². The molecule has 4 amide bonds. The quantitative estimate of drug-likeness (QED) is 0.250. The van der Waals surface area contributed by atoms with E-state index in [1.165, 1.54) is 12.0 Å². The first kappa shape index (κ1) is 20.8. The van der Waals surface area contributed by atoms with Gasteiger partial charge in [-0.2, -0.15) is 0 Å². The molecule has 2 saturated heterocycles. The maximum absolute atomic E-state index is 13.1. The molecule has 2 heterocycles. The van der Waals surface area contributed by atoms with Gasteiger partial charge in [-0.05, 0) is 55.8 Å². The van der Waals surface area contributed by atoms with E-state index in [1.807, 2.05) is 12.2 Å². The van der Waals surface area contributed by atoms with Crippen LogP contribution in [0.3, 0.4) is 0 Å². The fourth-order valence-corrected chi connectivity index (χ4v) is 7.51. The minimum atomic E-state index is -0.954. The van der Waals surface area contributed by atoms with Crippen molar-refractivity contribution in [3.63, 3.8) is 0 Å². The van der Waals surface area contributed by atoms with Crippen molar-refractivity contribution in [3.8, 4) is 0 Å². The van der Waals surface area contributed by atoms with Gasteiger partial charge in [0.1, 0.15) is 6.04 Å². The third-order valence-corrected chi connectivity index (χ3v) is 8.96. The number of fused-ring (bicyclic) bond motifs is 10. The molecular formula is C25H28N2O6. The summed E-state index contributed by atoms with van der Waals surface area (Å²) in [4.78, 5) is 67.0. The summed E-state index contributed by atoms with van der Waals surface area (Å²) >= 11 is 0. The first-order valence-corrected chi connectivity index (χ1v) is 12.1. The second-order valence-electron chi connectivity index (χ2n) is 10.4. The number of unbranched alkanes of at least 4 members (excludes halogenated alkanes) is 1. The summed E-state index contributed by atoms with van der Waals surface area (Å²) < 4.78 is 4.93. The van der Waals surface area contributed by atoms with E-state index in [1.54, 1.807) is 0 Å². The summed E-state index contributed by atoms with van der Waals surface area (Å²) in [6.07, 6.45) is 11.2. The fourth-order valence-electron chi connectivity index (χ4n) is 7.51. The number of carbonyl (C=O) groups is 5. The monoisotopic (exact) mass is 452 g/mol. The number of nitrogens with zero attached hydrogens (tertiary/aromatic N) is 2. The minimum Gasteiger partial charge on any atom is -0.467 e. The summed E-state index contributed by atoms with van der Waals surface area (Å²) in [5.74, 6) is -1.89. The number of ether oxygens (including phenoxy) is 1. The number of likely N-dealkylation sites (tertiary alicyclic amines) is 2. The molecule has 4 fully saturated rings. The number of carbonyl (C=O) groups excluding carboxylic acids is 5. The zero-order valence-electron chi connectivity index (χ0n) is 18.6. The van der Waals surface area contributed by atoms with Crippen LogP contribution in [-0.4, -0.2) is 59.1 Å². The molecule has 2 aliphatic heterocycles. The van der Waals surface area contributed by atoms with Crippen LogP contribution in [0.2, 0.25) is 0 Å². The highest BCUT2D eigenvalue weighted by molar-refractivity contribution is 6.09. The standard InChI is InChI=1S/C25H28N2O6/c1-33-25(32)16(27-23(30)19-14-7-8-15(11-14)20(19)24(27)31)4-2-3-9-26-21(28)17-12-5-6-13(10-12)18(17)22(26)29/h5-8,12-20H,2-4,9-11H2,1H3/t12-,13+,14-,15+,16-,17+,18-,19+,20-/m1/s1. The molecule has 0 radical (unpaired) electrons. The first-order valence-electron chi connectivity index (χ1n) is 12.1. The lowest BCUT2D eigenvalue weighted by atomic mass is 9.85. The maximum atomic E-state index is 13.1. The van der Waals surface area contributed by atoms with Gasteiger partial charge in [-0.25, -0.2) is 4.79 Å². The molecule has 0 aromatic heterocycles. The summed E-state index contributed by atoms with van der Waals surface area (Å²) in [6, 6.07) is -0.954. The van der Waals surface area contributed by atoms with Gasteiger partial charge in [-0.15, -0.1) is 0 Å². The van der Waals surface area contributed by atoms with Gasteiger partial charge < -0.3 is 4.74 Å². The number of amides is 4. The Hall–Kier alpha value is -2.77. The van der Waals surface area contributed by atoms with Crippen molar-refractivity contribution in [1.29, 1.82) is 0 Å². The number of allylic oxidation sites excluding steroid dienone is 4. The Balaban J connectivity index is 1.09. The van der Waals surface area contributed by atoms with Gasteiger partial charge in [-0.1, -0.05) is 24.3 Å². The molecule has 174 valence electrons. The van der Waals surface area contributed by atoms with Crippen LogP contribution in [0.1, 0.15) is 32.1 Å². The summed E-state index contributed by atoms with van der Waals surface area (Å²) in [5, 5.41) is 0. The number of hydrogen-bond acceptors (Lipinski definition) is 6. The summed E-state index contributed by atoms with van der Waals surface area (Å²) in [7, 11) is 1.26. The van der Waals surface area contributed by atoms with Crippen molar-refractivity contribution in [2.75, 3.05) is 13.7 Å². The van der Waals surface area contributed by atoms with Crippen molar-refractivity contribution < 1.29 is 28.7 Å². The van der Waals surface area contributed by atoms with E-state index in [9.17, 15) is 24.0 Å². The molecule has 33 heavy (non-hydrogen) atoms. The molecule has 4 aliphatic carbocycles. The topological polar surface area (TPSA) is 101 Å². The van der Waals surface area contributed by atoms with Gasteiger partial charge in [0.2, 0.25) is 23.6 Å². The van der Waals surface area contributed by atoms with E-state index >= 15 is 0 Å². The van der Waals surface area contributed by atoms with Crippen LogP contribution < -0.4 is 0 Å². The molecule has 8 nitrogen and oxygen atoms in total. The van der Waals surface area contributed by atoms with Crippen LogP contribution >= 0.6 is 0 Å². The first-order chi connectivity index (χ1) is 15.9. The molecule has 0 N–H and O–H groups in total. The highest BCUT2D eigenvalue weighted by Gasteiger charge is 2.61. The second kappa shape index (κ2) is 7.37. The van der Waals surface area contributed by atoms with Crippen molar-refractivity contribution in [3.05, 3.63) is 24.3 Å². The largest absolute Gasteiger partial charge is 0.467 e. The van der Waals surface area contributed by atoms with Crippen LogP contribution in [0.25, 0.3) is 0 Å². The number of methoxy groups -OCH3 is 1. The van der Waals surface area contributed by atoms with Crippen molar-refractivity contribution in [2.24, 2.45) is 47.3 Å². The molecule has 0 spiro atoms. The number of imide groups is 2. The fraction of sp³-hybridized carbons (Fsp3) is 0.640. The van der Waals surface area contributed by atoms with E-state index in [2.05, 4.69) is 12.2 Å². The van der Waals surface area contributed by atoms with Gasteiger partial charge in [0.25, 0.3) is 0 Å². The van der Waals surface area contributed by atoms with E-state index in [0.29, 0.717) is 19.4 Å². The number of esters is 1. The highest BCUT2D eigenvalue weighted by atomic mass is 16.5. The molecular weight excluding hydrogens is 424 g/mol. The average Bonchev–Trinajstić information content (AvgIpc) is 3.64. The molecule has 8 heteroatoms. The number of rotatable bonds is 7. The SMILES string of the molecule is COC(=O)[C@@H](CCCCN1C(=O)[C@@H]2[C@H](C1=O)[C@H]1C=C[C@@H]2C1)N1C(=O)[C@@H]2[C@H](C1=O)[C@H]1C=C[C@@H]2C1. The van der Waals surface area contributed by atoms with E-state index in [4.69, 9.17) is 4.74 Å². The van der Waals surface area contributed by atoms with Gasteiger partial charge >= 0.3 is 5.97 Å². The van der Waals surface area contributed by atoms with Crippen molar-refractivity contribution >= 4 is 29.6 Å². The minimum absolute atomic E-state index is 0.0768. The van der Waals surface area contributed by atoms with Crippen LogP contribution in [0.15, 0.2) is 24.3 Å². The zero-order valence-corrected chi connectivity index (χ0v) is 18.6. The average molecular weight is 453 g/mol. The Morgan fingerprint density at radius 3 is 1.73 bits per heavy atom. The van der Waals surface area contributed by atoms with Crippen LogP contribution in [0.4, 0.5) is 0 Å². The predicted octanol–water partition coefficient (Wildman–Crippen LogP) is 1.31. The third kappa shape index (κ3) is 2.78. The summed E-state index contributed by atoms with van der Waals surface area (Å²) in [5.41, 5.74) is 0. The Labute approximate surface area is 192 Å². The molecule has 2 saturated carbocycles. The normalized spacial score (nSPS) is 40.4. The van der Waals surface area contributed by atoms with Crippen LogP contribution in [-0.2, 0) is 28.7 Å². The van der Waals surface area contributed by atoms with Crippen LogP contribution in [0.5, 0.6) is 0 Å². The van der Waals surface area contributed by atoms with E-state index < -0.39 is 12.0 Å². The second-order valence-corrected chi connectivity index (χ2v) is 10.4. The molecule has 6 rings (SSSR count). The van der Waals surface area contributed by atoms with Gasteiger partial charge in [-0.3, -0.25) is 29.0 Å². The maximum Gasteiger partial charge on any atom is 0.329 e. The molecule has 4 bridgehead atoms. The Morgan fingerprint density at radius 1 is 0.818 bits per heavy atom. The van der Waals surface area contributed by atoms with Crippen molar-refractivity contribution in [1.82, 2.24) is 9.80 Å². The van der Waals surface area contributed by atoms with Gasteiger partial charge in [0.05, 0.1) is 30.8 Å². The smallest absolute Gasteiger partial charge is 0.329 e. The van der Waals surface area contributed by atoms with Gasteiger partial charge in [0.15, 0.2) is 0 Å². The molecule has 0 unspecified atom stereocenters. The van der Waals surface area contributed by atoms with Crippen molar-refractivity contribution in [2.45, 2.75) is 38.1 Å². The lowest BCUT2D eigenvalue weighted by molar-refractivity contribution is -0.157. The predicted molar refractivity (Wildman–Crippen MR) is 114 cm³/mol. The zero-order chi connectivity index (χ0) is 23.0. The molecule has 0 aromatic rings. The lowest BCUT2D eigenvalue weighted by Crippen LogP contribution is -2.47. The summed E-state index contributed by atoms with van der Waals surface area (Å²) in [6.45, 7) is 0.305. The molecule has 9 atom stereocenters. The number of hydrogen-bond donors (Lipinski definition) is 0. The van der Waals surface area contributed by atoms with E-state index in [-0.39, 0.29) is 77.4 Å². The lowest BCUT2D eigenvalue weighted by Gasteiger charge is -2.26. The third-order valence-electron chi connectivity index (χ3n) is 8.96. The Kier molecular flexibility index (Phi) is 4.65. The van der Waals surface area contributed by atoms with Gasteiger partial charge in [0, 0.05) is 6.54 Å². The highest BCUT2D eigenvalue weighted by Crippen LogP contribution is 2.54. The Morgan fingerprint density at radius 2 is 1.27 bits per heavy atom. The molecule has 6 aliphatic rings.